The summed E-state index contributed by atoms with van der Waals surface area (Å²) in [5.41, 5.74) is 4.82. The van der Waals surface area contributed by atoms with Crippen LogP contribution in [0.5, 0.6) is 0 Å². The zero-order chi connectivity index (χ0) is 15.8. The molecule has 2 aliphatic rings. The third kappa shape index (κ3) is 2.76. The minimum Gasteiger partial charge on any atom is -0.464 e. The molecule has 0 bridgehead atoms. The van der Waals surface area contributed by atoms with E-state index in [4.69, 9.17) is 4.42 Å². The molecule has 4 heteroatoms. The molecule has 1 aromatic heterocycles. The van der Waals surface area contributed by atoms with Crippen LogP contribution in [-0.4, -0.2) is 37.5 Å². The van der Waals surface area contributed by atoms with Crippen LogP contribution in [0.4, 0.5) is 0 Å². The maximum atomic E-state index is 12.6. The fourth-order valence-corrected chi connectivity index (χ4v) is 4.07. The third-order valence-corrected chi connectivity index (χ3v) is 5.34. The van der Waals surface area contributed by atoms with Crippen LogP contribution in [-0.2, 0) is 24.1 Å². The maximum absolute atomic E-state index is 12.6. The van der Waals surface area contributed by atoms with Gasteiger partial charge in [0.2, 0.25) is 5.91 Å². The summed E-state index contributed by atoms with van der Waals surface area (Å²) in [6.45, 7) is 2.76. The van der Waals surface area contributed by atoms with E-state index in [9.17, 15) is 4.79 Å². The van der Waals surface area contributed by atoms with E-state index in [1.165, 1.54) is 17.5 Å². The fourth-order valence-electron chi connectivity index (χ4n) is 4.07. The Balaban J connectivity index is 1.51. The van der Waals surface area contributed by atoms with Crippen molar-refractivity contribution in [3.8, 4) is 0 Å². The van der Waals surface area contributed by atoms with Gasteiger partial charge in [0.1, 0.15) is 5.58 Å². The Labute approximate surface area is 136 Å². The van der Waals surface area contributed by atoms with E-state index in [0.29, 0.717) is 12.3 Å². The van der Waals surface area contributed by atoms with Crippen molar-refractivity contribution < 1.29 is 9.21 Å². The number of hydrogen-bond donors (Lipinski definition) is 1. The molecule has 2 heterocycles. The first-order valence-electron chi connectivity index (χ1n) is 8.69. The molecule has 1 N–H and O–H groups in total. The lowest BCUT2D eigenvalue weighted by Crippen LogP contribution is -2.31. The van der Waals surface area contributed by atoms with E-state index < -0.39 is 0 Å². The van der Waals surface area contributed by atoms with Gasteiger partial charge >= 0.3 is 0 Å². The molecule has 4 rings (SSSR count). The molecule has 1 aliphatic heterocycles. The van der Waals surface area contributed by atoms with Gasteiger partial charge in [-0.1, -0.05) is 0 Å². The smallest absolute Gasteiger partial charge is 0.227 e. The first kappa shape index (κ1) is 14.8. The highest BCUT2D eigenvalue weighted by Crippen LogP contribution is 2.31. The second kappa shape index (κ2) is 6.00. The highest BCUT2D eigenvalue weighted by Gasteiger charge is 2.26. The van der Waals surface area contributed by atoms with Crippen LogP contribution in [0.25, 0.3) is 11.0 Å². The lowest BCUT2D eigenvalue weighted by molar-refractivity contribution is -0.129. The van der Waals surface area contributed by atoms with Crippen molar-refractivity contribution in [2.45, 2.75) is 32.1 Å². The largest absolute Gasteiger partial charge is 0.464 e. The van der Waals surface area contributed by atoms with Crippen LogP contribution in [0.15, 0.2) is 22.8 Å². The Morgan fingerprint density at radius 1 is 1.35 bits per heavy atom. The SMILES string of the molecule is CNCC1CCN(C(=O)Cc2coc3cc4c(cc23)CCC4)C1. The predicted octanol–water partition coefficient (Wildman–Crippen LogP) is 2.53. The Bertz CT molecular complexity index is 734. The van der Waals surface area contributed by atoms with E-state index in [1.54, 1.807) is 6.26 Å². The van der Waals surface area contributed by atoms with E-state index in [2.05, 4.69) is 17.4 Å². The number of benzene rings is 1. The summed E-state index contributed by atoms with van der Waals surface area (Å²) in [6.07, 6.45) is 6.88. The monoisotopic (exact) mass is 312 g/mol. The van der Waals surface area contributed by atoms with Crippen LogP contribution in [0.1, 0.15) is 29.5 Å². The van der Waals surface area contributed by atoms with Crippen molar-refractivity contribution in [2.24, 2.45) is 5.92 Å². The minimum atomic E-state index is 0.229. The van der Waals surface area contributed by atoms with Gasteiger partial charge in [-0.25, -0.2) is 0 Å². The zero-order valence-corrected chi connectivity index (χ0v) is 13.7. The van der Waals surface area contributed by atoms with Crippen molar-refractivity contribution in [1.82, 2.24) is 10.2 Å². The molecule has 0 spiro atoms. The molecule has 1 unspecified atom stereocenters. The van der Waals surface area contributed by atoms with E-state index >= 15 is 0 Å². The highest BCUT2D eigenvalue weighted by atomic mass is 16.3. The summed E-state index contributed by atoms with van der Waals surface area (Å²) in [7, 11) is 1.97. The van der Waals surface area contributed by atoms with Crippen LogP contribution in [0, 0.1) is 5.92 Å². The number of aryl methyl sites for hydroxylation is 2. The van der Waals surface area contributed by atoms with Crippen LogP contribution in [0.2, 0.25) is 0 Å². The number of carbonyl (C=O) groups is 1. The number of hydrogen-bond acceptors (Lipinski definition) is 3. The molecule has 0 saturated carbocycles. The van der Waals surface area contributed by atoms with Crippen LogP contribution in [0.3, 0.4) is 0 Å². The topological polar surface area (TPSA) is 45.5 Å². The number of nitrogens with zero attached hydrogens (tertiary/aromatic N) is 1. The Kier molecular flexibility index (Phi) is 3.85. The van der Waals surface area contributed by atoms with E-state index in [0.717, 1.165) is 55.4 Å². The standard InChI is InChI=1S/C19H24N2O2/c1-20-10-13-5-6-21(11-13)19(22)9-16-12-23-18-8-15-4-2-3-14(15)7-17(16)18/h7-8,12-13,20H,2-6,9-11H2,1H3. The summed E-state index contributed by atoms with van der Waals surface area (Å²) in [5, 5.41) is 4.34. The molecule has 1 fully saturated rings. The molecule has 4 nitrogen and oxygen atoms in total. The molecular formula is C19H24N2O2. The molecule has 2 aromatic rings. The van der Waals surface area contributed by atoms with Crippen LogP contribution >= 0.6 is 0 Å². The first-order valence-corrected chi connectivity index (χ1v) is 8.69. The molecule has 1 amide bonds. The summed E-state index contributed by atoms with van der Waals surface area (Å²) in [6, 6.07) is 4.42. The molecule has 0 radical (unpaired) electrons. The maximum Gasteiger partial charge on any atom is 0.227 e. The minimum absolute atomic E-state index is 0.229. The van der Waals surface area contributed by atoms with Crippen LogP contribution < -0.4 is 5.32 Å². The predicted molar refractivity (Wildman–Crippen MR) is 90.6 cm³/mol. The highest BCUT2D eigenvalue weighted by molar-refractivity contribution is 5.88. The molecule has 122 valence electrons. The van der Waals surface area contributed by atoms with Crippen molar-refractivity contribution >= 4 is 16.9 Å². The summed E-state index contributed by atoms with van der Waals surface area (Å²) < 4.78 is 5.72. The summed E-state index contributed by atoms with van der Waals surface area (Å²) in [5.74, 6) is 0.820. The van der Waals surface area contributed by atoms with Gasteiger partial charge in [0.25, 0.3) is 0 Å². The zero-order valence-electron chi connectivity index (χ0n) is 13.7. The lowest BCUT2D eigenvalue weighted by atomic mass is 10.0. The van der Waals surface area contributed by atoms with Gasteiger partial charge < -0.3 is 14.6 Å². The van der Waals surface area contributed by atoms with Gasteiger partial charge in [0.05, 0.1) is 12.7 Å². The second-order valence-corrected chi connectivity index (χ2v) is 6.96. The van der Waals surface area contributed by atoms with E-state index in [-0.39, 0.29) is 5.91 Å². The number of rotatable bonds is 4. The lowest BCUT2D eigenvalue weighted by Gasteiger charge is -2.16. The average molecular weight is 312 g/mol. The summed E-state index contributed by atoms with van der Waals surface area (Å²) in [4.78, 5) is 14.6. The number of fused-ring (bicyclic) bond motifs is 2. The van der Waals surface area contributed by atoms with Gasteiger partial charge in [0.15, 0.2) is 0 Å². The van der Waals surface area contributed by atoms with Crippen molar-refractivity contribution in [3.05, 3.63) is 35.1 Å². The molecule has 1 aromatic carbocycles. The molecule has 23 heavy (non-hydrogen) atoms. The van der Waals surface area contributed by atoms with Gasteiger partial charge in [-0.3, -0.25) is 4.79 Å². The fraction of sp³-hybridized carbons (Fsp3) is 0.526. The first-order chi connectivity index (χ1) is 11.2. The van der Waals surface area contributed by atoms with Crippen molar-refractivity contribution in [2.75, 3.05) is 26.7 Å². The van der Waals surface area contributed by atoms with E-state index in [1.807, 2.05) is 11.9 Å². The molecule has 1 saturated heterocycles. The van der Waals surface area contributed by atoms with Gasteiger partial charge in [-0.15, -0.1) is 0 Å². The molecule has 1 atom stereocenters. The normalized spacial score (nSPS) is 20.4. The van der Waals surface area contributed by atoms with Gasteiger partial charge in [0, 0.05) is 24.0 Å². The number of amides is 1. The molecular weight excluding hydrogens is 288 g/mol. The van der Waals surface area contributed by atoms with Crippen molar-refractivity contribution in [3.63, 3.8) is 0 Å². The number of nitrogens with one attached hydrogen (secondary N) is 1. The third-order valence-electron chi connectivity index (χ3n) is 5.34. The van der Waals surface area contributed by atoms with Gasteiger partial charge in [-0.2, -0.15) is 0 Å². The number of carbonyl (C=O) groups excluding carboxylic acids is 1. The van der Waals surface area contributed by atoms with Gasteiger partial charge in [-0.05, 0) is 68.5 Å². The summed E-state index contributed by atoms with van der Waals surface area (Å²) >= 11 is 0. The van der Waals surface area contributed by atoms with Crippen molar-refractivity contribution in [1.29, 1.82) is 0 Å². The molecule has 1 aliphatic carbocycles. The Morgan fingerprint density at radius 3 is 3.00 bits per heavy atom. The average Bonchev–Trinajstić information content (AvgIpc) is 3.25. The number of furan rings is 1. The number of likely N-dealkylation sites (tertiary alicyclic amines) is 1. The Hall–Kier alpha value is -1.81. The second-order valence-electron chi connectivity index (χ2n) is 6.96. The Morgan fingerprint density at radius 2 is 2.17 bits per heavy atom. The quantitative estimate of drug-likeness (QED) is 0.943.